The molecule has 0 aliphatic carbocycles. The Bertz CT molecular complexity index is 2300. The summed E-state index contributed by atoms with van der Waals surface area (Å²) in [5.41, 5.74) is -2.16. The Morgan fingerprint density at radius 1 is 0.416 bits per heavy atom. The van der Waals surface area contributed by atoms with E-state index >= 15 is 0 Å². The number of rotatable bonds is 26. The molecule has 0 amide bonds. The first-order valence-electron chi connectivity index (χ1n) is 26.7. The zero-order valence-electron chi connectivity index (χ0n) is 48.4. The molecule has 6 aliphatic rings. The van der Waals surface area contributed by atoms with Crippen LogP contribution in [0.25, 0.3) is 0 Å². The summed E-state index contributed by atoms with van der Waals surface area (Å²) in [4.78, 5) is 8.00. The van der Waals surface area contributed by atoms with Gasteiger partial charge in [0.2, 0.25) is 0 Å². The number of nitrogens with zero attached hydrogens (tertiary/aromatic N) is 2. The van der Waals surface area contributed by atoms with Gasteiger partial charge in [0.05, 0.1) is 70.5 Å². The summed E-state index contributed by atoms with van der Waals surface area (Å²) in [7, 11) is -11.0. The molecule has 0 aromatic rings. The Labute approximate surface area is 551 Å². The van der Waals surface area contributed by atoms with Gasteiger partial charge in [-0.3, -0.25) is 19.1 Å². The van der Waals surface area contributed by atoms with Crippen LogP contribution in [-0.2, 0) is 86.0 Å². The van der Waals surface area contributed by atoms with Crippen molar-refractivity contribution in [3.63, 3.8) is 0 Å². The second kappa shape index (κ2) is 34.7. The van der Waals surface area contributed by atoms with Gasteiger partial charge in [-0.1, -0.05) is 0 Å². The maximum absolute atomic E-state index is 13.0. The molecule has 0 spiro atoms. The smallest absolute Gasteiger partial charge is 0.862 e. The Morgan fingerprint density at radius 2 is 0.708 bits per heavy atom. The van der Waals surface area contributed by atoms with Gasteiger partial charge >= 0.3 is 79.9 Å². The Hall–Kier alpha value is -0.440. The Kier molecular flexibility index (Phi) is 31.6. The quantitative estimate of drug-likeness (QED) is 0.0165. The van der Waals surface area contributed by atoms with Gasteiger partial charge in [-0.05, 0) is 39.5 Å². The van der Waals surface area contributed by atoms with Crippen molar-refractivity contribution in [2.24, 2.45) is 15.4 Å². The minimum atomic E-state index is -5.48. The van der Waals surface area contributed by atoms with Gasteiger partial charge in [-0.25, -0.2) is 8.37 Å². The van der Waals surface area contributed by atoms with Crippen LogP contribution in [0.2, 0.25) is 0 Å². The molecular weight excluding hydrogens is 1290 g/mol. The number of aliphatic hydroxyl groups is 16. The van der Waals surface area contributed by atoms with Crippen LogP contribution in [0.1, 0.15) is 27.7 Å². The number of hydrogen-bond donors (Lipinski definition) is 18. The molecule has 6 heterocycles. The molecule has 18 N–H and O–H groups in total. The van der Waals surface area contributed by atoms with Crippen LogP contribution in [0, 0.1) is 5.41 Å². The summed E-state index contributed by atoms with van der Waals surface area (Å²) in [6.07, 6.45) is -56.6. The van der Waals surface area contributed by atoms with Crippen LogP contribution < -0.4 is 69.3 Å². The van der Waals surface area contributed by atoms with Crippen LogP contribution >= 0.6 is 0 Å². The fourth-order valence-electron chi connectivity index (χ4n) is 10.2. The van der Waals surface area contributed by atoms with Gasteiger partial charge < -0.3 is 149 Å². The van der Waals surface area contributed by atoms with Crippen LogP contribution in [0.4, 0.5) is 0 Å². The average Bonchev–Trinajstić information content (AvgIpc) is 2.00. The minimum Gasteiger partial charge on any atom is -0.862 e. The summed E-state index contributed by atoms with van der Waals surface area (Å²) in [6.45, 7) is -4.61. The first-order chi connectivity index (χ1) is 40.7. The zero-order chi connectivity index (χ0) is 64.9. The van der Waals surface area contributed by atoms with E-state index in [4.69, 9.17) is 56.8 Å². The Balaban J connectivity index is 0.00000846. The molecule has 0 saturated carbocycles. The van der Waals surface area contributed by atoms with E-state index in [0.717, 1.165) is 13.8 Å². The molecule has 0 bridgehead atoms. The fourth-order valence-corrected chi connectivity index (χ4v) is 11.2. The van der Waals surface area contributed by atoms with Gasteiger partial charge in [0, 0.05) is 0 Å². The third-order valence-electron chi connectivity index (χ3n) is 14.9. The molecule has 0 aromatic heterocycles. The van der Waals surface area contributed by atoms with Crippen LogP contribution in [0.5, 0.6) is 0 Å². The molecule has 6 aliphatic heterocycles. The zero-order valence-corrected chi connectivity index (χ0v) is 54.0. The van der Waals surface area contributed by atoms with E-state index in [0.29, 0.717) is 0 Å². The van der Waals surface area contributed by atoms with Gasteiger partial charge in [-0.15, -0.1) is 0 Å². The van der Waals surface area contributed by atoms with E-state index in [2.05, 4.69) is 18.4 Å². The molecule has 6 saturated heterocycles. The maximum atomic E-state index is 13.0. The predicted octanol–water partition coefficient (Wildman–Crippen LogP) is -19.8. The summed E-state index contributed by atoms with van der Waals surface area (Å²) < 4.78 is 146. The van der Waals surface area contributed by atoms with E-state index in [1.54, 1.807) is 0 Å². The number of ether oxygens (including phenoxy) is 12. The van der Waals surface area contributed by atoms with Crippen LogP contribution in [0.15, 0.2) is 9.98 Å². The summed E-state index contributed by atoms with van der Waals surface area (Å²) in [5.74, 6) is -2.11. The molecule has 6 rings (SSSR count). The van der Waals surface area contributed by atoms with Crippen molar-refractivity contribution in [1.29, 1.82) is 0 Å². The van der Waals surface area contributed by atoms with Crippen LogP contribution in [-0.4, -0.2) is 356 Å². The number of aliphatic hydroxyl groups excluding tert-OH is 16. The summed E-state index contributed by atoms with van der Waals surface area (Å²) in [6, 6.07) is -3.96. The first kappa shape index (κ1) is 81.0. The van der Waals surface area contributed by atoms with Crippen LogP contribution in [0.3, 0.4) is 0 Å². The summed E-state index contributed by atoms with van der Waals surface area (Å²) in [5, 5.41) is 198. The van der Waals surface area contributed by atoms with E-state index in [1.165, 1.54) is 13.8 Å². The van der Waals surface area contributed by atoms with E-state index in [1.807, 2.05) is 0 Å². The molecule has 6 fully saturated rings. The largest absolute Gasteiger partial charge is 1.00 e. The van der Waals surface area contributed by atoms with E-state index in [-0.39, 0.29) is 59.1 Å². The van der Waals surface area contributed by atoms with E-state index in [9.17, 15) is 118 Å². The van der Waals surface area contributed by atoms with Crippen molar-refractivity contribution in [2.45, 2.75) is 212 Å². The third kappa shape index (κ3) is 19.9. The minimum absolute atomic E-state index is 0. The first-order valence-corrected chi connectivity index (χ1v) is 29.4. The predicted molar refractivity (Wildman–Crippen MR) is 266 cm³/mol. The van der Waals surface area contributed by atoms with Crippen molar-refractivity contribution in [3.05, 3.63) is 0 Å². The SMILES string of the molecule is CC([O-])=N[C@H]1[C@H](OCC(CO)(CO)CO[C@@H]2O[C@H](CO)[C@@H](O[C@@H]3O[C@H](CO)[C@H](O)[C@H](OS(=O)(=O)O)[C@H]3O)[C@H](O[C@@H]3O[C@@H](C)[C@@H](O)[C@@H](O)[C@@H]3O)[C@H]2N=C(C)[O-])O[C@H](CO)[C@@H](O[C@@H]2O[C@H](CO)[C@H](O)[C@H](OS(=O)(=O)O)[C@H]2O)[C@@H]1O[C@@H]1O[C@@H](C)[C@@H](O)[C@@H](O)[C@@H]1O.[Na+].[Na+]. The molecule has 0 unspecified atom stereocenters. The normalized spacial score (nSPS) is 43.8. The second-order valence-electron chi connectivity index (χ2n) is 21.3. The van der Waals surface area contributed by atoms with Gasteiger partial charge in [0.25, 0.3) is 0 Å². The van der Waals surface area contributed by atoms with Gasteiger partial charge in [-0.2, -0.15) is 16.8 Å². The standard InChI is InChI=1S/C45H78N2O38S2.2Na/c1-13-23(56)27(60)29(62)41(74-13)82-35-21(46-15(3)54)39(78-19(7-50)33(35)80-43-31(64)37(84-86(66,67)68)25(58)17(5-48)76-43)72-11-45(9-52,10-53)12-73-40-22(47-16(4)55)36(83-42-30(63)28(61)24(57)14(2)75-42)34(20(8-51)79-40)81-44-32(65)38(85-87(69,70)71)26(59)18(6-49)77-44;;/h13-14,17-44,48-53,56-65H,5-12H2,1-4H3,(H,46,54)(H,47,55)(H,66,67,68)(H,69,70,71);;/q;2*+1/p-2/t13-,14-,17+,18+,19+,20+,21+,22+,23+,24+,25-,26-,27+,28+,29-,30-,31+,32+,33+,34+,35+,36+,37-,38-,39+,40+,41-,42-,43-,44-;;/m0../s1. The van der Waals surface area contributed by atoms with Crippen molar-refractivity contribution in [2.75, 3.05) is 52.9 Å². The molecular formula is C45H76N2Na2O38S2. The molecule has 0 aromatic carbocycles. The molecule has 508 valence electrons. The number of aliphatic imine (C=N–C) groups is 2. The fraction of sp³-hybridized carbons (Fsp3) is 0.956. The maximum Gasteiger partial charge on any atom is 1.00 e. The van der Waals surface area contributed by atoms with Crippen molar-refractivity contribution in [1.82, 2.24) is 0 Å². The topological polar surface area (TPSA) is 632 Å². The molecule has 30 atom stereocenters. The second-order valence-corrected chi connectivity index (χ2v) is 23.4. The Morgan fingerprint density at radius 3 is 0.989 bits per heavy atom. The van der Waals surface area contributed by atoms with Crippen molar-refractivity contribution in [3.8, 4) is 0 Å². The molecule has 89 heavy (non-hydrogen) atoms. The van der Waals surface area contributed by atoms with Gasteiger partial charge in [0.15, 0.2) is 37.7 Å². The monoisotopic (exact) mass is 1360 g/mol. The number of hydrogen-bond acceptors (Lipinski definition) is 38. The third-order valence-corrected chi connectivity index (χ3v) is 15.9. The molecule has 0 radical (unpaired) electrons. The van der Waals surface area contributed by atoms with E-state index < -0.39 is 275 Å². The van der Waals surface area contributed by atoms with Crippen molar-refractivity contribution < 1.29 is 242 Å². The average molecular weight is 1360 g/mol. The van der Waals surface area contributed by atoms with Gasteiger partial charge in [0.1, 0.15) is 134 Å². The van der Waals surface area contributed by atoms with Crippen molar-refractivity contribution >= 4 is 32.6 Å². The molecule has 44 heteroatoms. The molecule has 40 nitrogen and oxygen atoms in total. The summed E-state index contributed by atoms with van der Waals surface area (Å²) >= 11 is 0.